The molecule has 59 heavy (non-hydrogen) atoms. The number of carbonyl (C=O) groups is 4. The van der Waals surface area contributed by atoms with E-state index in [0.717, 1.165) is 56.5 Å². The molecule has 12 nitrogen and oxygen atoms in total. The van der Waals surface area contributed by atoms with Crippen LogP contribution in [0.15, 0.2) is 109 Å². The van der Waals surface area contributed by atoms with Gasteiger partial charge < -0.3 is 38.5 Å². The number of aliphatic hydroxyl groups is 1. The summed E-state index contributed by atoms with van der Waals surface area (Å²) in [5.74, 6) is -1.16. The lowest BCUT2D eigenvalue weighted by atomic mass is 10.1. The maximum Gasteiger partial charge on any atom is 0.412 e. The molecular weight excluding hydrogens is 751 g/mol. The van der Waals surface area contributed by atoms with Crippen molar-refractivity contribution >= 4 is 67.6 Å². The highest BCUT2D eigenvalue weighted by atomic mass is 16.6. The predicted octanol–water partition coefficient (Wildman–Crippen LogP) is 9.38. The third-order valence-electron chi connectivity index (χ3n) is 10.0. The van der Waals surface area contributed by atoms with Crippen molar-refractivity contribution in [1.82, 2.24) is 14.5 Å². The summed E-state index contributed by atoms with van der Waals surface area (Å²) in [6.45, 7) is 18.4. The van der Waals surface area contributed by atoms with Gasteiger partial charge in [-0.1, -0.05) is 63.4 Å². The molecule has 4 aromatic carbocycles. The molecule has 2 heterocycles. The van der Waals surface area contributed by atoms with Crippen molar-refractivity contribution in [3.8, 4) is 5.75 Å². The number of hydrogen-bond donors (Lipinski definition) is 2. The molecule has 6 aromatic rings. The quantitative estimate of drug-likeness (QED) is 0.0449. The van der Waals surface area contributed by atoms with Gasteiger partial charge in [-0.25, -0.2) is 19.2 Å². The van der Waals surface area contributed by atoms with E-state index in [-0.39, 0.29) is 31.9 Å². The fourth-order valence-electron chi connectivity index (χ4n) is 6.65. The summed E-state index contributed by atoms with van der Waals surface area (Å²) < 4.78 is 25.0. The van der Waals surface area contributed by atoms with Gasteiger partial charge in [0.25, 0.3) is 0 Å². The Morgan fingerprint density at radius 2 is 1.15 bits per heavy atom. The first kappa shape index (κ1) is 43.7. The molecule has 0 saturated heterocycles. The number of rotatable bonds is 15. The molecule has 0 aliphatic heterocycles. The second-order valence-corrected chi connectivity index (χ2v) is 14.6. The Morgan fingerprint density at radius 1 is 0.661 bits per heavy atom. The van der Waals surface area contributed by atoms with Gasteiger partial charge >= 0.3 is 24.0 Å². The molecule has 0 radical (unpaired) electrons. The Bertz CT molecular complexity index is 2510. The maximum absolute atomic E-state index is 12.5. The molecule has 310 valence electrons. The minimum atomic E-state index is -1.10. The first-order valence-corrected chi connectivity index (χ1v) is 19.8. The molecule has 0 bridgehead atoms. The fourth-order valence-corrected chi connectivity index (χ4v) is 6.65. The Hall–Kier alpha value is -6.40. The number of ether oxygens (including phenoxy) is 4. The van der Waals surface area contributed by atoms with E-state index in [2.05, 4.69) is 73.5 Å². The third kappa shape index (κ3) is 10.4. The fraction of sp³-hybridized carbons (Fsp3) is 0.319. The SMILES string of the molecule is C=C(C)C(=O)OCC(O)COC(=O)c1ccc2c(c1)c1ccccc1n2C(C)CC.C=C(C)C(=O)OCCNC(=O)Oc1ccc2c(c1)c1ccccc1n2C(C)CC. The average Bonchev–Trinajstić information content (AvgIpc) is 3.75. The van der Waals surface area contributed by atoms with E-state index >= 15 is 0 Å². The second kappa shape index (κ2) is 19.8. The maximum atomic E-state index is 12.5. The number of nitrogens with one attached hydrogen (secondary N) is 1. The standard InChI is InChI=1S/C24H27NO5.C23H26N2O4/c1-5-16(4)25-21-9-7-6-8-19(21)20-12-17(10-11-22(20)25)24(28)30-14-18(26)13-29-23(27)15(2)3;1-5-16(4)25-20-9-7-6-8-18(20)19-14-17(10-11-21(19)25)29-23(27)24-12-13-28-22(26)15(2)3/h6-12,16,18,26H,2,5,13-14H2,1,3-4H3;6-11,14,16H,2,5,12-13H2,1,3-4H3,(H,24,27). The van der Waals surface area contributed by atoms with Crippen molar-refractivity contribution in [2.45, 2.75) is 72.6 Å². The van der Waals surface area contributed by atoms with Crippen LogP contribution in [0.25, 0.3) is 43.6 Å². The predicted molar refractivity (Wildman–Crippen MR) is 231 cm³/mol. The number of para-hydroxylation sites is 2. The summed E-state index contributed by atoms with van der Waals surface area (Å²) >= 11 is 0. The zero-order chi connectivity index (χ0) is 42.8. The zero-order valence-corrected chi connectivity index (χ0v) is 34.6. The summed E-state index contributed by atoms with van der Waals surface area (Å²) in [4.78, 5) is 47.2. The molecule has 0 aliphatic carbocycles. The van der Waals surface area contributed by atoms with E-state index in [1.165, 1.54) is 6.92 Å². The van der Waals surface area contributed by atoms with Crippen molar-refractivity contribution in [1.29, 1.82) is 0 Å². The molecule has 0 spiro atoms. The van der Waals surface area contributed by atoms with Gasteiger partial charge in [-0.05, 0) is 89.1 Å². The molecular formula is C47H53N3O9. The van der Waals surface area contributed by atoms with E-state index in [1.807, 2.05) is 54.6 Å². The number of benzene rings is 4. The van der Waals surface area contributed by atoms with Gasteiger partial charge in [0.1, 0.15) is 31.7 Å². The van der Waals surface area contributed by atoms with Crippen LogP contribution >= 0.6 is 0 Å². The summed E-state index contributed by atoms with van der Waals surface area (Å²) in [7, 11) is 0. The minimum Gasteiger partial charge on any atom is -0.460 e. The van der Waals surface area contributed by atoms with Crippen LogP contribution in [0.2, 0.25) is 0 Å². The van der Waals surface area contributed by atoms with Crippen molar-refractivity contribution in [3.05, 3.63) is 115 Å². The largest absolute Gasteiger partial charge is 0.460 e. The molecule has 0 saturated carbocycles. The Balaban J connectivity index is 0.000000224. The van der Waals surface area contributed by atoms with Crippen LogP contribution in [0, 0.1) is 0 Å². The highest BCUT2D eigenvalue weighted by Crippen LogP contribution is 2.35. The van der Waals surface area contributed by atoms with Crippen LogP contribution in [-0.2, 0) is 23.8 Å². The molecule has 0 fully saturated rings. The van der Waals surface area contributed by atoms with Gasteiger partial charge in [0.15, 0.2) is 0 Å². The smallest absolute Gasteiger partial charge is 0.412 e. The third-order valence-corrected chi connectivity index (χ3v) is 10.0. The van der Waals surface area contributed by atoms with E-state index in [4.69, 9.17) is 18.9 Å². The van der Waals surface area contributed by atoms with E-state index in [9.17, 15) is 24.3 Å². The summed E-state index contributed by atoms with van der Waals surface area (Å²) in [6.07, 6.45) is 0.310. The highest BCUT2D eigenvalue weighted by molar-refractivity contribution is 6.10. The topological polar surface area (TPSA) is 147 Å². The lowest BCUT2D eigenvalue weighted by Gasteiger charge is -2.15. The number of hydrogen-bond acceptors (Lipinski definition) is 9. The Kier molecular flexibility index (Phi) is 14.7. The van der Waals surface area contributed by atoms with Gasteiger partial charge in [0.05, 0.1) is 12.1 Å². The molecule has 0 aliphatic rings. The van der Waals surface area contributed by atoms with Crippen LogP contribution < -0.4 is 10.1 Å². The van der Waals surface area contributed by atoms with Gasteiger partial charge in [0, 0.05) is 66.8 Å². The molecule has 6 rings (SSSR count). The van der Waals surface area contributed by atoms with Gasteiger partial charge in [-0.15, -0.1) is 0 Å². The number of carbonyl (C=O) groups excluding carboxylic acids is 4. The Morgan fingerprint density at radius 3 is 1.71 bits per heavy atom. The van der Waals surface area contributed by atoms with Crippen molar-refractivity contribution in [3.63, 3.8) is 0 Å². The minimum absolute atomic E-state index is 0.0578. The van der Waals surface area contributed by atoms with Crippen molar-refractivity contribution < 1.29 is 43.2 Å². The normalized spacial score (nSPS) is 12.6. The number of aliphatic hydroxyl groups excluding tert-OH is 1. The molecule has 2 N–H and O–H groups in total. The summed E-state index contributed by atoms with van der Waals surface area (Å²) in [5.41, 5.74) is 5.43. The molecule has 2 aromatic heterocycles. The first-order chi connectivity index (χ1) is 28.2. The van der Waals surface area contributed by atoms with Crippen molar-refractivity contribution in [2.75, 3.05) is 26.4 Å². The zero-order valence-electron chi connectivity index (χ0n) is 34.6. The molecule has 12 heteroatoms. The number of esters is 3. The molecule has 1 amide bonds. The average molecular weight is 804 g/mol. The summed E-state index contributed by atoms with van der Waals surface area (Å²) in [5, 5.41) is 16.7. The second-order valence-electron chi connectivity index (χ2n) is 14.6. The number of nitrogens with zero attached hydrogens (tertiary/aromatic N) is 2. The van der Waals surface area contributed by atoms with Gasteiger partial charge in [-0.3, -0.25) is 0 Å². The van der Waals surface area contributed by atoms with E-state index in [0.29, 0.717) is 29.0 Å². The Labute approximate surface area is 344 Å². The lowest BCUT2D eigenvalue weighted by molar-refractivity contribution is -0.142. The van der Waals surface area contributed by atoms with Crippen LogP contribution in [0.4, 0.5) is 4.79 Å². The van der Waals surface area contributed by atoms with E-state index in [1.54, 1.807) is 19.1 Å². The monoisotopic (exact) mass is 803 g/mol. The van der Waals surface area contributed by atoms with Gasteiger partial charge in [-0.2, -0.15) is 0 Å². The van der Waals surface area contributed by atoms with Gasteiger partial charge in [0.2, 0.25) is 0 Å². The van der Waals surface area contributed by atoms with Crippen LogP contribution in [0.3, 0.4) is 0 Å². The number of amides is 1. The van der Waals surface area contributed by atoms with Crippen LogP contribution in [-0.4, -0.2) is 70.7 Å². The van der Waals surface area contributed by atoms with Crippen LogP contribution in [0.5, 0.6) is 5.75 Å². The lowest BCUT2D eigenvalue weighted by Crippen LogP contribution is -2.30. The highest BCUT2D eigenvalue weighted by Gasteiger charge is 2.19. The van der Waals surface area contributed by atoms with Crippen LogP contribution in [0.1, 0.15) is 76.8 Å². The van der Waals surface area contributed by atoms with Crippen molar-refractivity contribution in [2.24, 2.45) is 0 Å². The molecule has 3 atom stereocenters. The summed E-state index contributed by atoms with van der Waals surface area (Å²) in [6, 6.07) is 28.2. The molecule has 3 unspecified atom stereocenters. The number of fused-ring (bicyclic) bond motifs is 6. The first-order valence-electron chi connectivity index (χ1n) is 19.8. The van der Waals surface area contributed by atoms with E-state index < -0.39 is 30.1 Å². The number of aromatic nitrogens is 2.